The van der Waals surface area contributed by atoms with Crippen molar-refractivity contribution in [2.45, 2.75) is 39.4 Å². The minimum Gasteiger partial charge on any atom is -0.491 e. The molecule has 0 spiro atoms. The highest BCUT2D eigenvalue weighted by atomic mass is 16.6. The first-order valence-electron chi connectivity index (χ1n) is 15.1. The van der Waals surface area contributed by atoms with Crippen molar-refractivity contribution in [3.8, 4) is 22.6 Å². The Balaban J connectivity index is 1.51. The minimum atomic E-state index is -1.00. The van der Waals surface area contributed by atoms with E-state index in [4.69, 9.17) is 18.9 Å². The summed E-state index contributed by atoms with van der Waals surface area (Å²) in [6.45, 7) is 15.7. The van der Waals surface area contributed by atoms with Crippen LogP contribution in [0.5, 0.6) is 11.5 Å². The lowest BCUT2D eigenvalue weighted by molar-refractivity contribution is -0.139. The van der Waals surface area contributed by atoms with Crippen LogP contribution in [0.25, 0.3) is 11.1 Å². The zero-order valence-corrected chi connectivity index (χ0v) is 26.4. The molecule has 0 saturated carbocycles. The molecule has 0 radical (unpaired) electrons. The molecule has 232 valence electrons. The standard InChI is InChI=1S/C39H40O6/c1-25(2)37(40)44-21-19-42-35-17-15-29(23-27(35)5)39(33-13-9-7-11-31(33)32-12-8-10-14-34(32)39)30-16-18-36(28(6)24-30)43-20-22-45-38(41)26(3)4/h7-18,23-24,37,40H,1,3,19-22H2,2,4-6H3/t37-/m0/s1. The monoisotopic (exact) mass is 604 g/mol. The number of aryl methyl sites for hydroxylation is 2. The highest BCUT2D eigenvalue weighted by Crippen LogP contribution is 2.56. The lowest BCUT2D eigenvalue weighted by Gasteiger charge is -2.34. The molecule has 0 bridgehead atoms. The molecule has 5 rings (SSSR count). The maximum atomic E-state index is 11.7. The van der Waals surface area contributed by atoms with Crippen molar-refractivity contribution in [3.63, 3.8) is 0 Å². The van der Waals surface area contributed by atoms with Gasteiger partial charge in [-0.3, -0.25) is 0 Å². The van der Waals surface area contributed by atoms with Gasteiger partial charge in [0.1, 0.15) is 31.3 Å². The van der Waals surface area contributed by atoms with Crippen LogP contribution in [0.1, 0.15) is 47.2 Å². The van der Waals surface area contributed by atoms with Crippen molar-refractivity contribution >= 4 is 5.97 Å². The van der Waals surface area contributed by atoms with Crippen LogP contribution in [0.15, 0.2) is 109 Å². The number of hydrogen-bond donors (Lipinski definition) is 1. The SMILES string of the molecule is C=C(C)C(=O)OCCOc1ccc(C2(c3ccc(OCCO[C@H](O)C(=C)C)c(C)c3)c3ccccc3-c3ccccc32)cc1C. The Bertz CT molecular complexity index is 1690. The largest absolute Gasteiger partial charge is 0.491 e. The minimum absolute atomic E-state index is 0.145. The number of carbonyl (C=O) groups is 1. The zero-order valence-electron chi connectivity index (χ0n) is 26.4. The highest BCUT2D eigenvalue weighted by molar-refractivity contribution is 5.87. The molecule has 0 amide bonds. The molecule has 0 aliphatic heterocycles. The van der Waals surface area contributed by atoms with Crippen molar-refractivity contribution in [3.05, 3.63) is 143 Å². The molecular weight excluding hydrogens is 564 g/mol. The molecule has 6 heteroatoms. The summed E-state index contributed by atoms with van der Waals surface area (Å²) in [6, 6.07) is 29.9. The molecule has 4 aromatic carbocycles. The Morgan fingerprint density at radius 2 is 1.22 bits per heavy atom. The van der Waals surface area contributed by atoms with Gasteiger partial charge >= 0.3 is 5.97 Å². The van der Waals surface area contributed by atoms with Gasteiger partial charge in [0.2, 0.25) is 0 Å². The molecule has 4 aromatic rings. The van der Waals surface area contributed by atoms with E-state index in [0.29, 0.717) is 17.8 Å². The van der Waals surface area contributed by atoms with Gasteiger partial charge in [0, 0.05) is 5.57 Å². The van der Waals surface area contributed by atoms with Crippen LogP contribution in [-0.4, -0.2) is 43.8 Å². The second kappa shape index (κ2) is 13.6. The first-order valence-corrected chi connectivity index (χ1v) is 15.1. The first-order chi connectivity index (χ1) is 21.6. The number of esters is 1. The zero-order chi connectivity index (χ0) is 32.1. The topological polar surface area (TPSA) is 74.2 Å². The number of ether oxygens (including phenoxy) is 4. The van der Waals surface area contributed by atoms with Crippen LogP contribution in [0.2, 0.25) is 0 Å². The molecular formula is C39H40O6. The lowest BCUT2D eigenvalue weighted by Crippen LogP contribution is -2.29. The molecule has 0 heterocycles. The molecule has 1 N–H and O–H groups in total. The van der Waals surface area contributed by atoms with Gasteiger partial charge in [-0.1, -0.05) is 86.0 Å². The quantitative estimate of drug-likeness (QED) is 0.0495. The number of hydrogen-bond acceptors (Lipinski definition) is 6. The predicted molar refractivity (Wildman–Crippen MR) is 177 cm³/mol. The second-order valence-corrected chi connectivity index (χ2v) is 11.5. The maximum Gasteiger partial charge on any atom is 0.333 e. The Morgan fingerprint density at radius 3 is 1.69 bits per heavy atom. The normalized spacial score (nSPS) is 13.4. The van der Waals surface area contributed by atoms with Gasteiger partial charge in [0.15, 0.2) is 6.29 Å². The van der Waals surface area contributed by atoms with Crippen LogP contribution < -0.4 is 9.47 Å². The fourth-order valence-corrected chi connectivity index (χ4v) is 5.98. The van der Waals surface area contributed by atoms with Crippen LogP contribution in [-0.2, 0) is 19.7 Å². The molecule has 0 aromatic heterocycles. The molecule has 0 unspecified atom stereocenters. The number of benzene rings is 4. The van der Waals surface area contributed by atoms with Gasteiger partial charge in [0.25, 0.3) is 0 Å². The van der Waals surface area contributed by atoms with E-state index in [1.54, 1.807) is 13.8 Å². The Kier molecular flexibility index (Phi) is 9.57. The molecule has 6 nitrogen and oxygen atoms in total. The summed E-state index contributed by atoms with van der Waals surface area (Å²) < 4.78 is 22.7. The summed E-state index contributed by atoms with van der Waals surface area (Å²) in [5, 5.41) is 9.86. The first kappa shape index (κ1) is 31.8. The van der Waals surface area contributed by atoms with E-state index in [-0.39, 0.29) is 19.8 Å². The molecule has 1 atom stereocenters. The smallest absolute Gasteiger partial charge is 0.333 e. The van der Waals surface area contributed by atoms with Crippen molar-refractivity contribution < 1.29 is 28.8 Å². The highest BCUT2D eigenvalue weighted by Gasteiger charge is 2.46. The van der Waals surface area contributed by atoms with Crippen molar-refractivity contribution in [2.75, 3.05) is 26.4 Å². The van der Waals surface area contributed by atoms with E-state index < -0.39 is 17.7 Å². The van der Waals surface area contributed by atoms with E-state index in [1.807, 2.05) is 26.0 Å². The van der Waals surface area contributed by atoms with E-state index in [2.05, 4.69) is 86.0 Å². The van der Waals surface area contributed by atoms with E-state index in [9.17, 15) is 9.90 Å². The van der Waals surface area contributed by atoms with Gasteiger partial charge in [0.05, 0.1) is 12.0 Å². The molecule has 0 saturated heterocycles. The number of aliphatic hydroxyl groups excluding tert-OH is 1. The third-order valence-electron chi connectivity index (χ3n) is 8.13. The molecule has 0 fully saturated rings. The lowest BCUT2D eigenvalue weighted by atomic mass is 9.67. The predicted octanol–water partition coefficient (Wildman–Crippen LogP) is 7.45. The van der Waals surface area contributed by atoms with E-state index >= 15 is 0 Å². The van der Waals surface area contributed by atoms with Crippen molar-refractivity contribution in [1.29, 1.82) is 0 Å². The number of fused-ring (bicyclic) bond motifs is 3. The summed E-state index contributed by atoms with van der Waals surface area (Å²) in [6.07, 6.45) is -1.00. The summed E-state index contributed by atoms with van der Waals surface area (Å²) >= 11 is 0. The third kappa shape index (κ3) is 6.30. The summed E-state index contributed by atoms with van der Waals surface area (Å²) in [7, 11) is 0. The fourth-order valence-electron chi connectivity index (χ4n) is 5.98. The second-order valence-electron chi connectivity index (χ2n) is 11.5. The van der Waals surface area contributed by atoms with Gasteiger partial charge in [-0.25, -0.2) is 4.79 Å². The maximum absolute atomic E-state index is 11.7. The molecule has 1 aliphatic carbocycles. The van der Waals surface area contributed by atoms with Crippen molar-refractivity contribution in [2.24, 2.45) is 0 Å². The van der Waals surface area contributed by atoms with Gasteiger partial charge < -0.3 is 24.1 Å². The third-order valence-corrected chi connectivity index (χ3v) is 8.13. The van der Waals surface area contributed by atoms with Crippen LogP contribution in [0.3, 0.4) is 0 Å². The number of carbonyl (C=O) groups excluding carboxylic acids is 1. The van der Waals surface area contributed by atoms with E-state index in [0.717, 1.165) is 33.8 Å². The fraction of sp³-hybridized carbons (Fsp3) is 0.256. The Hall–Kier alpha value is -4.65. The molecule has 45 heavy (non-hydrogen) atoms. The van der Waals surface area contributed by atoms with Crippen LogP contribution >= 0.6 is 0 Å². The molecule has 1 aliphatic rings. The summed E-state index contributed by atoms with van der Waals surface area (Å²) in [5.41, 5.74) is 9.38. The van der Waals surface area contributed by atoms with Crippen molar-refractivity contribution in [1.82, 2.24) is 0 Å². The average Bonchev–Trinajstić information content (AvgIpc) is 3.33. The van der Waals surface area contributed by atoms with Crippen LogP contribution in [0.4, 0.5) is 0 Å². The Labute approximate surface area is 265 Å². The average molecular weight is 605 g/mol. The van der Waals surface area contributed by atoms with E-state index in [1.165, 1.54) is 22.3 Å². The van der Waals surface area contributed by atoms with Gasteiger partial charge in [-0.05, 0) is 89.9 Å². The summed E-state index contributed by atoms with van der Waals surface area (Å²) in [4.78, 5) is 11.7. The number of rotatable bonds is 13. The summed E-state index contributed by atoms with van der Waals surface area (Å²) in [5.74, 6) is 1.07. The Morgan fingerprint density at radius 1 is 0.733 bits per heavy atom. The van der Waals surface area contributed by atoms with Gasteiger partial charge in [-0.15, -0.1) is 0 Å². The van der Waals surface area contributed by atoms with Gasteiger partial charge in [-0.2, -0.15) is 0 Å². The van der Waals surface area contributed by atoms with Crippen LogP contribution in [0, 0.1) is 13.8 Å². The number of aliphatic hydroxyl groups is 1.